The molecular weight excluding hydrogens is 506 g/mol. The molecule has 0 aliphatic rings. The lowest BCUT2D eigenvalue weighted by Gasteiger charge is -2.31. The molecule has 3 amide bonds. The highest BCUT2D eigenvalue weighted by Gasteiger charge is 2.34. The molecule has 3 unspecified atom stereocenters. The summed E-state index contributed by atoms with van der Waals surface area (Å²) >= 11 is 0. The van der Waals surface area contributed by atoms with Crippen molar-refractivity contribution in [3.05, 3.63) is 54.6 Å². The van der Waals surface area contributed by atoms with Gasteiger partial charge in [0, 0.05) is 7.05 Å². The van der Waals surface area contributed by atoms with Gasteiger partial charge in [0.25, 0.3) is 0 Å². The lowest BCUT2D eigenvalue weighted by atomic mass is 9.99. The Balaban J connectivity index is 3.27. The van der Waals surface area contributed by atoms with Crippen LogP contribution < -0.4 is 15.4 Å². The number of hydrogen-bond acceptors (Lipinski definition) is 8. The minimum Gasteiger partial charge on any atom is -0.496 e. The number of methoxy groups -OCH3 is 2. The van der Waals surface area contributed by atoms with Crippen LogP contribution in [0, 0.1) is 0 Å². The van der Waals surface area contributed by atoms with Crippen molar-refractivity contribution in [2.24, 2.45) is 0 Å². The van der Waals surface area contributed by atoms with E-state index in [1.807, 2.05) is 0 Å². The minimum atomic E-state index is -1.16. The normalized spacial score (nSPS) is 13.2. The second-order valence-corrected chi connectivity index (χ2v) is 9.70. The number of allylic oxidation sites excluding steroid dienone is 1. The van der Waals surface area contributed by atoms with Crippen LogP contribution in [0.4, 0.5) is 4.79 Å². The zero-order chi connectivity index (χ0) is 29.8. The maximum Gasteiger partial charge on any atom is 0.410 e. The molecule has 1 rings (SSSR count). The van der Waals surface area contributed by atoms with Crippen LogP contribution in [-0.4, -0.2) is 80.9 Å². The van der Waals surface area contributed by atoms with Gasteiger partial charge in [-0.25, -0.2) is 9.59 Å². The van der Waals surface area contributed by atoms with Gasteiger partial charge in [-0.2, -0.15) is 0 Å². The van der Waals surface area contributed by atoms with Gasteiger partial charge in [-0.1, -0.05) is 18.2 Å². The molecule has 11 heteroatoms. The number of hydrogen-bond donors (Lipinski definition) is 2. The molecule has 39 heavy (non-hydrogen) atoms. The van der Waals surface area contributed by atoms with E-state index in [9.17, 15) is 19.2 Å². The van der Waals surface area contributed by atoms with Gasteiger partial charge in [0.05, 0.1) is 27.4 Å². The fourth-order valence-corrected chi connectivity index (χ4v) is 3.51. The van der Waals surface area contributed by atoms with E-state index in [-0.39, 0.29) is 13.2 Å². The molecule has 0 aromatic heterocycles. The highest BCUT2D eigenvalue weighted by atomic mass is 16.6. The number of esters is 1. The summed E-state index contributed by atoms with van der Waals surface area (Å²) in [4.78, 5) is 52.6. The molecule has 1 aromatic rings. The summed E-state index contributed by atoms with van der Waals surface area (Å²) in [5.41, 5.74) is 0.423. The van der Waals surface area contributed by atoms with E-state index in [0.29, 0.717) is 17.7 Å². The maximum atomic E-state index is 13.6. The fraction of sp³-hybridized carbons (Fsp3) is 0.500. The molecule has 0 aliphatic carbocycles. The Morgan fingerprint density at radius 2 is 1.72 bits per heavy atom. The zero-order valence-electron chi connectivity index (χ0n) is 23.9. The van der Waals surface area contributed by atoms with Crippen LogP contribution in [-0.2, 0) is 35.0 Å². The van der Waals surface area contributed by atoms with Crippen LogP contribution in [0.15, 0.2) is 43.5 Å². The average Bonchev–Trinajstić information content (AvgIpc) is 2.87. The SMILES string of the molecule is C=CCOCC(NC(=O)C(C)NC(=O)C(c1ccc(OC)c(CC=C)c1)N(C)C(=O)OC(C)(C)C)C(=O)OC. The molecule has 0 radical (unpaired) electrons. The molecule has 0 saturated carbocycles. The largest absolute Gasteiger partial charge is 0.496 e. The number of nitrogens with zero attached hydrogens (tertiary/aromatic N) is 1. The number of carbonyl (C=O) groups is 4. The van der Waals surface area contributed by atoms with Crippen LogP contribution >= 0.6 is 0 Å². The third kappa shape index (κ3) is 10.4. The molecule has 1 aromatic carbocycles. The molecule has 2 N–H and O–H groups in total. The number of rotatable bonds is 14. The predicted molar refractivity (Wildman–Crippen MR) is 146 cm³/mol. The number of carbonyl (C=O) groups excluding carboxylic acids is 4. The van der Waals surface area contributed by atoms with Gasteiger partial charge >= 0.3 is 12.1 Å². The Bertz CT molecular complexity index is 1030. The number of likely N-dealkylation sites (N-methyl/N-ethyl adjacent to an activating group) is 1. The summed E-state index contributed by atoms with van der Waals surface area (Å²) < 4.78 is 20.9. The zero-order valence-corrected chi connectivity index (χ0v) is 23.9. The van der Waals surface area contributed by atoms with Crippen molar-refractivity contribution in [1.82, 2.24) is 15.5 Å². The minimum absolute atomic E-state index is 0.146. The molecular formula is C28H41N3O8. The Morgan fingerprint density at radius 1 is 1.05 bits per heavy atom. The van der Waals surface area contributed by atoms with E-state index >= 15 is 0 Å². The van der Waals surface area contributed by atoms with Crippen LogP contribution in [0.2, 0.25) is 0 Å². The first-order valence-corrected chi connectivity index (χ1v) is 12.4. The van der Waals surface area contributed by atoms with Gasteiger partial charge in [0.15, 0.2) is 6.04 Å². The Hall–Kier alpha value is -3.86. The van der Waals surface area contributed by atoms with Crippen LogP contribution in [0.1, 0.15) is 44.9 Å². The van der Waals surface area contributed by atoms with Crippen molar-refractivity contribution < 1.29 is 38.1 Å². The third-order valence-corrected chi connectivity index (χ3v) is 5.38. The Labute approximate surface area is 230 Å². The first kappa shape index (κ1) is 33.2. The van der Waals surface area contributed by atoms with Gasteiger partial charge in [-0.15, -0.1) is 13.2 Å². The molecule has 0 heterocycles. The standard InChI is InChI=1S/C28H41N3O8/c1-10-12-19-16-20(13-14-22(19)36-8)23(31(7)27(35)39-28(4,5)6)25(33)29-18(3)24(32)30-21(26(34)37-9)17-38-15-11-2/h10-11,13-14,16,18,21,23H,1-2,12,15,17H2,3-9H3,(H,29,33)(H,30,32). The molecule has 0 bridgehead atoms. The Kier molecular flexibility index (Phi) is 13.2. The summed E-state index contributed by atoms with van der Waals surface area (Å²) in [5.74, 6) is -1.40. The lowest BCUT2D eigenvalue weighted by Crippen LogP contribution is -2.54. The van der Waals surface area contributed by atoms with Crippen molar-refractivity contribution in [3.63, 3.8) is 0 Å². The van der Waals surface area contributed by atoms with E-state index < -0.39 is 47.6 Å². The third-order valence-electron chi connectivity index (χ3n) is 5.38. The van der Waals surface area contributed by atoms with E-state index in [4.69, 9.17) is 18.9 Å². The van der Waals surface area contributed by atoms with E-state index in [1.54, 1.807) is 45.0 Å². The van der Waals surface area contributed by atoms with Gasteiger partial charge in [0.1, 0.15) is 23.4 Å². The summed E-state index contributed by atoms with van der Waals surface area (Å²) in [7, 11) is 4.15. The topological polar surface area (TPSA) is 132 Å². The summed E-state index contributed by atoms with van der Waals surface area (Å²) in [6.45, 7) is 13.9. The van der Waals surface area contributed by atoms with Crippen molar-refractivity contribution in [2.75, 3.05) is 34.5 Å². The smallest absolute Gasteiger partial charge is 0.410 e. The van der Waals surface area contributed by atoms with Gasteiger partial charge < -0.3 is 29.6 Å². The maximum absolute atomic E-state index is 13.6. The molecule has 3 atom stereocenters. The monoisotopic (exact) mass is 547 g/mol. The van der Waals surface area contributed by atoms with Crippen LogP contribution in [0.25, 0.3) is 0 Å². The average molecular weight is 548 g/mol. The van der Waals surface area contributed by atoms with Crippen LogP contribution in [0.3, 0.4) is 0 Å². The van der Waals surface area contributed by atoms with E-state index in [0.717, 1.165) is 10.5 Å². The quantitative estimate of drug-likeness (QED) is 0.206. The highest BCUT2D eigenvalue weighted by Crippen LogP contribution is 2.28. The van der Waals surface area contributed by atoms with E-state index in [1.165, 1.54) is 34.3 Å². The second kappa shape index (κ2) is 15.5. The number of ether oxygens (including phenoxy) is 4. The highest BCUT2D eigenvalue weighted by molar-refractivity contribution is 5.93. The first-order chi connectivity index (χ1) is 18.3. The van der Waals surface area contributed by atoms with Gasteiger partial charge in [0.2, 0.25) is 11.8 Å². The number of benzene rings is 1. The number of amides is 3. The van der Waals surface area contributed by atoms with Gasteiger partial charge in [-0.3, -0.25) is 14.5 Å². The molecule has 0 aliphatic heterocycles. The molecule has 0 fully saturated rings. The van der Waals surface area contributed by atoms with Gasteiger partial charge in [-0.05, 0) is 57.4 Å². The van der Waals surface area contributed by atoms with Crippen molar-refractivity contribution >= 4 is 23.9 Å². The van der Waals surface area contributed by atoms with Crippen molar-refractivity contribution in [1.29, 1.82) is 0 Å². The van der Waals surface area contributed by atoms with Crippen molar-refractivity contribution in [3.8, 4) is 5.75 Å². The van der Waals surface area contributed by atoms with E-state index in [2.05, 4.69) is 23.8 Å². The fourth-order valence-electron chi connectivity index (χ4n) is 3.51. The van der Waals surface area contributed by atoms with Crippen LogP contribution in [0.5, 0.6) is 5.75 Å². The van der Waals surface area contributed by atoms with Crippen molar-refractivity contribution in [2.45, 2.75) is 57.8 Å². The summed E-state index contributed by atoms with van der Waals surface area (Å²) in [6.07, 6.45) is 2.92. The molecule has 216 valence electrons. The molecule has 0 saturated heterocycles. The summed E-state index contributed by atoms with van der Waals surface area (Å²) in [6, 6.07) is 1.76. The lowest BCUT2D eigenvalue weighted by molar-refractivity contribution is -0.147. The molecule has 11 nitrogen and oxygen atoms in total. The predicted octanol–water partition coefficient (Wildman–Crippen LogP) is 2.70. The summed E-state index contributed by atoms with van der Waals surface area (Å²) in [5, 5.41) is 5.14. The first-order valence-electron chi connectivity index (χ1n) is 12.4. The Morgan fingerprint density at radius 3 is 2.26 bits per heavy atom. The second-order valence-electron chi connectivity index (χ2n) is 9.70. The molecule has 0 spiro atoms. The number of nitrogens with one attached hydrogen (secondary N) is 2.